The van der Waals surface area contributed by atoms with Gasteiger partial charge in [0.15, 0.2) is 0 Å². The van der Waals surface area contributed by atoms with Crippen LogP contribution in [0.3, 0.4) is 0 Å². The fourth-order valence-electron chi connectivity index (χ4n) is 1.17. The topological polar surface area (TPSA) is 63.6 Å². The van der Waals surface area contributed by atoms with Gasteiger partial charge in [-0.1, -0.05) is 11.6 Å². The zero-order chi connectivity index (χ0) is 13.7. The molecule has 0 spiro atoms. The zero-order valence-corrected chi connectivity index (χ0v) is 10.2. The fraction of sp³-hybridized carbons (Fsp3) is 0.167. The molecule has 96 valence electrons. The Balaban J connectivity index is 2.95. The molecule has 0 unspecified atom stereocenters. The minimum absolute atomic E-state index is 0.00218. The number of hydrogen-bond donors (Lipinski definition) is 1. The number of aliphatic hydroxyl groups is 1. The third kappa shape index (κ3) is 3.85. The molecular formula is C12H10ClFO4. The second kappa shape index (κ2) is 6.16. The van der Waals surface area contributed by atoms with Crippen LogP contribution in [0.4, 0.5) is 4.39 Å². The SMILES string of the molecule is CCOC(=O)C(=O)/C=C(\O)c1cc(F)cc(Cl)c1. The highest BCUT2D eigenvalue weighted by Gasteiger charge is 2.14. The molecule has 0 saturated carbocycles. The summed E-state index contributed by atoms with van der Waals surface area (Å²) in [5.41, 5.74) is -0.00218. The summed E-state index contributed by atoms with van der Waals surface area (Å²) in [4.78, 5) is 22.3. The average molecular weight is 273 g/mol. The summed E-state index contributed by atoms with van der Waals surface area (Å²) in [6, 6.07) is 3.29. The van der Waals surface area contributed by atoms with Gasteiger partial charge in [0.1, 0.15) is 11.6 Å². The molecule has 4 nitrogen and oxygen atoms in total. The molecule has 1 N–H and O–H groups in total. The third-order valence-corrected chi connectivity index (χ3v) is 2.12. The first-order valence-electron chi connectivity index (χ1n) is 5.02. The first-order chi connectivity index (χ1) is 8.43. The van der Waals surface area contributed by atoms with Crippen molar-refractivity contribution in [2.45, 2.75) is 6.92 Å². The van der Waals surface area contributed by atoms with Crippen LogP contribution in [-0.4, -0.2) is 23.5 Å². The number of benzene rings is 1. The lowest BCUT2D eigenvalue weighted by Crippen LogP contribution is -2.15. The second-order valence-electron chi connectivity index (χ2n) is 3.27. The van der Waals surface area contributed by atoms with Crippen LogP contribution in [0.2, 0.25) is 5.02 Å². The fourth-order valence-corrected chi connectivity index (χ4v) is 1.39. The molecule has 0 amide bonds. The van der Waals surface area contributed by atoms with Crippen LogP contribution >= 0.6 is 11.6 Å². The monoisotopic (exact) mass is 272 g/mol. The lowest BCUT2D eigenvalue weighted by atomic mass is 10.1. The molecule has 6 heteroatoms. The Morgan fingerprint density at radius 1 is 1.44 bits per heavy atom. The predicted molar refractivity (Wildman–Crippen MR) is 63.7 cm³/mol. The van der Waals surface area contributed by atoms with Crippen molar-refractivity contribution in [2.75, 3.05) is 6.61 Å². The quantitative estimate of drug-likeness (QED) is 0.396. The van der Waals surface area contributed by atoms with Crippen molar-refractivity contribution in [1.29, 1.82) is 0 Å². The second-order valence-corrected chi connectivity index (χ2v) is 3.71. The highest BCUT2D eigenvalue weighted by atomic mass is 35.5. The number of halogens is 2. The molecule has 0 saturated heterocycles. The maximum Gasteiger partial charge on any atom is 0.379 e. The summed E-state index contributed by atoms with van der Waals surface area (Å²) in [6.45, 7) is 1.59. The van der Waals surface area contributed by atoms with E-state index >= 15 is 0 Å². The van der Waals surface area contributed by atoms with Crippen LogP contribution in [0.25, 0.3) is 5.76 Å². The van der Waals surface area contributed by atoms with E-state index in [0.717, 1.165) is 12.1 Å². The molecule has 1 aromatic carbocycles. The van der Waals surface area contributed by atoms with Crippen LogP contribution in [0.5, 0.6) is 0 Å². The van der Waals surface area contributed by atoms with E-state index < -0.39 is 23.3 Å². The Morgan fingerprint density at radius 3 is 2.67 bits per heavy atom. The Morgan fingerprint density at radius 2 is 2.11 bits per heavy atom. The van der Waals surface area contributed by atoms with Gasteiger partial charge in [0, 0.05) is 16.7 Å². The normalized spacial score (nSPS) is 11.2. The number of carbonyl (C=O) groups excluding carboxylic acids is 2. The number of carbonyl (C=O) groups is 2. The van der Waals surface area contributed by atoms with E-state index in [4.69, 9.17) is 11.6 Å². The van der Waals surface area contributed by atoms with Crippen molar-refractivity contribution in [1.82, 2.24) is 0 Å². The number of aliphatic hydroxyl groups excluding tert-OH is 1. The lowest BCUT2D eigenvalue weighted by Gasteiger charge is -2.02. The maximum absolute atomic E-state index is 13.0. The van der Waals surface area contributed by atoms with E-state index in [1.807, 2.05) is 0 Å². The first kappa shape index (κ1) is 14.2. The van der Waals surface area contributed by atoms with Crippen LogP contribution in [-0.2, 0) is 14.3 Å². The zero-order valence-electron chi connectivity index (χ0n) is 9.44. The van der Waals surface area contributed by atoms with Gasteiger partial charge in [-0.25, -0.2) is 9.18 Å². The lowest BCUT2D eigenvalue weighted by molar-refractivity contribution is -0.151. The molecule has 0 aliphatic carbocycles. The minimum atomic E-state index is -1.09. The van der Waals surface area contributed by atoms with E-state index in [0.29, 0.717) is 6.08 Å². The summed E-state index contributed by atoms with van der Waals surface area (Å²) < 4.78 is 17.4. The maximum atomic E-state index is 13.0. The highest BCUT2D eigenvalue weighted by molar-refractivity contribution is 6.39. The van der Waals surface area contributed by atoms with Crippen LogP contribution in [0, 0.1) is 5.82 Å². The van der Waals surface area contributed by atoms with Gasteiger partial charge < -0.3 is 9.84 Å². The Hall–Kier alpha value is -1.88. The minimum Gasteiger partial charge on any atom is -0.507 e. The van der Waals surface area contributed by atoms with Crippen molar-refractivity contribution < 1.29 is 23.8 Å². The Kier molecular flexibility index (Phi) is 4.85. The van der Waals surface area contributed by atoms with Crippen LogP contribution in [0.15, 0.2) is 24.3 Å². The molecule has 0 fully saturated rings. The van der Waals surface area contributed by atoms with Crippen molar-refractivity contribution in [3.8, 4) is 0 Å². The molecule has 0 radical (unpaired) electrons. The number of ether oxygens (including phenoxy) is 1. The van der Waals surface area contributed by atoms with E-state index in [1.54, 1.807) is 6.92 Å². The molecule has 1 aromatic rings. The van der Waals surface area contributed by atoms with E-state index in [2.05, 4.69) is 4.74 Å². The highest BCUT2D eigenvalue weighted by Crippen LogP contribution is 2.19. The summed E-state index contributed by atoms with van der Waals surface area (Å²) in [6.07, 6.45) is 0.656. The van der Waals surface area contributed by atoms with Gasteiger partial charge in [-0.05, 0) is 25.1 Å². The van der Waals surface area contributed by atoms with Gasteiger partial charge in [-0.15, -0.1) is 0 Å². The van der Waals surface area contributed by atoms with Crippen molar-refractivity contribution in [2.24, 2.45) is 0 Å². The number of esters is 1. The van der Waals surface area contributed by atoms with Gasteiger partial charge in [-0.2, -0.15) is 0 Å². The summed E-state index contributed by atoms with van der Waals surface area (Å²) >= 11 is 5.59. The summed E-state index contributed by atoms with van der Waals surface area (Å²) in [5.74, 6) is -3.35. The van der Waals surface area contributed by atoms with E-state index in [9.17, 15) is 19.1 Å². The predicted octanol–water partition coefficient (Wildman–Crippen LogP) is 2.51. The summed E-state index contributed by atoms with van der Waals surface area (Å²) in [7, 11) is 0. The van der Waals surface area contributed by atoms with Crippen molar-refractivity contribution >= 4 is 29.1 Å². The van der Waals surface area contributed by atoms with Crippen molar-refractivity contribution in [3.63, 3.8) is 0 Å². The van der Waals surface area contributed by atoms with Gasteiger partial charge in [0.2, 0.25) is 0 Å². The average Bonchev–Trinajstić information content (AvgIpc) is 2.27. The Bertz CT molecular complexity index is 491. The molecule has 0 aliphatic rings. The molecule has 0 aromatic heterocycles. The van der Waals surface area contributed by atoms with E-state index in [1.165, 1.54) is 6.07 Å². The number of ketones is 1. The molecule has 1 rings (SSSR count). The smallest absolute Gasteiger partial charge is 0.379 e. The number of hydrogen-bond acceptors (Lipinski definition) is 4. The van der Waals surface area contributed by atoms with Gasteiger partial charge >= 0.3 is 5.97 Å². The largest absolute Gasteiger partial charge is 0.507 e. The summed E-state index contributed by atoms with van der Waals surface area (Å²) in [5, 5.41) is 9.63. The van der Waals surface area contributed by atoms with Crippen LogP contribution < -0.4 is 0 Å². The molecule has 0 atom stereocenters. The van der Waals surface area contributed by atoms with Gasteiger partial charge in [0.05, 0.1) is 6.61 Å². The first-order valence-corrected chi connectivity index (χ1v) is 5.40. The molecular weight excluding hydrogens is 263 g/mol. The number of rotatable bonds is 4. The molecule has 0 heterocycles. The van der Waals surface area contributed by atoms with Gasteiger partial charge in [-0.3, -0.25) is 4.79 Å². The van der Waals surface area contributed by atoms with Gasteiger partial charge in [0.25, 0.3) is 5.78 Å². The third-order valence-electron chi connectivity index (χ3n) is 1.90. The molecule has 0 aliphatic heterocycles. The van der Waals surface area contributed by atoms with Crippen LogP contribution in [0.1, 0.15) is 12.5 Å². The Labute approximate surface area is 108 Å². The molecule has 0 bridgehead atoms. The van der Waals surface area contributed by atoms with E-state index in [-0.39, 0.29) is 17.2 Å². The molecule has 18 heavy (non-hydrogen) atoms. The van der Waals surface area contributed by atoms with Crippen molar-refractivity contribution in [3.05, 3.63) is 40.7 Å². The standard InChI is InChI=1S/C12H10ClFO4/c1-2-18-12(17)11(16)6-10(15)7-3-8(13)5-9(14)4-7/h3-6,15H,2H2,1H3/b10-6-.